The molecule has 0 spiro atoms. The number of carbonyl (C=O) groups excluding carboxylic acids is 2. The number of carbonyl (C=O) groups is 2. The van der Waals surface area contributed by atoms with Crippen LogP contribution < -0.4 is 5.32 Å². The maximum absolute atomic E-state index is 12.6. The van der Waals surface area contributed by atoms with Crippen molar-refractivity contribution in [3.8, 4) is 0 Å². The molecule has 1 aromatic rings. The van der Waals surface area contributed by atoms with Crippen molar-refractivity contribution in [2.24, 2.45) is 0 Å². The fraction of sp³-hybridized carbons (Fsp3) is 0.200. The zero-order valence-corrected chi connectivity index (χ0v) is 11.7. The van der Waals surface area contributed by atoms with E-state index in [2.05, 4.69) is 18.5 Å². The van der Waals surface area contributed by atoms with Crippen molar-refractivity contribution in [1.29, 1.82) is 0 Å². The van der Waals surface area contributed by atoms with Crippen LogP contribution >= 0.6 is 0 Å². The molecule has 0 aromatic heterocycles. The lowest BCUT2D eigenvalue weighted by atomic mass is 10.2. The predicted molar refractivity (Wildman–Crippen MR) is 77.0 cm³/mol. The summed E-state index contributed by atoms with van der Waals surface area (Å²) in [5.41, 5.74) is -1.02. The van der Waals surface area contributed by atoms with E-state index in [9.17, 15) is 22.8 Å². The Morgan fingerprint density at radius 1 is 1.18 bits per heavy atom. The Kier molecular flexibility index (Phi) is 5.91. The fourth-order valence-electron chi connectivity index (χ4n) is 1.65. The number of anilines is 1. The summed E-state index contributed by atoms with van der Waals surface area (Å²) in [5, 5.41) is 2.15. The summed E-state index contributed by atoms with van der Waals surface area (Å²) < 4.78 is 37.7. The second kappa shape index (κ2) is 7.44. The Hall–Kier alpha value is -2.57. The molecular weight excluding hydrogens is 297 g/mol. The molecule has 1 rings (SSSR count). The van der Waals surface area contributed by atoms with Gasteiger partial charge >= 0.3 is 18.0 Å². The topological polar surface area (TPSA) is 49.4 Å². The predicted octanol–water partition coefficient (Wildman–Crippen LogP) is 2.84. The van der Waals surface area contributed by atoms with Gasteiger partial charge in [-0.3, -0.25) is 9.59 Å². The highest BCUT2D eigenvalue weighted by molar-refractivity contribution is 6.39. The van der Waals surface area contributed by atoms with Crippen LogP contribution in [0.1, 0.15) is 5.56 Å². The van der Waals surface area contributed by atoms with Crippen LogP contribution in [0.5, 0.6) is 0 Å². The van der Waals surface area contributed by atoms with Gasteiger partial charge < -0.3 is 10.2 Å². The normalized spacial score (nSPS) is 10.7. The van der Waals surface area contributed by atoms with Gasteiger partial charge in [0.05, 0.1) is 5.56 Å². The van der Waals surface area contributed by atoms with Crippen LogP contribution in [-0.2, 0) is 15.8 Å². The molecule has 1 aromatic carbocycles. The van der Waals surface area contributed by atoms with Crippen LogP contribution in [0.3, 0.4) is 0 Å². The quantitative estimate of drug-likeness (QED) is 0.671. The van der Waals surface area contributed by atoms with Crippen molar-refractivity contribution in [2.45, 2.75) is 6.18 Å². The summed E-state index contributed by atoms with van der Waals surface area (Å²) >= 11 is 0. The van der Waals surface area contributed by atoms with Crippen molar-refractivity contribution in [3.05, 3.63) is 55.1 Å². The lowest BCUT2D eigenvalue weighted by molar-refractivity contribution is -0.142. The number of nitrogens with zero attached hydrogens (tertiary/aromatic N) is 1. The number of hydrogen-bond acceptors (Lipinski definition) is 2. The third-order valence-corrected chi connectivity index (χ3v) is 2.63. The summed E-state index contributed by atoms with van der Waals surface area (Å²) in [5.74, 6) is -1.90. The van der Waals surface area contributed by atoms with Gasteiger partial charge in [-0.1, -0.05) is 18.2 Å². The van der Waals surface area contributed by atoms with Crippen molar-refractivity contribution in [2.75, 3.05) is 18.4 Å². The van der Waals surface area contributed by atoms with Gasteiger partial charge in [-0.2, -0.15) is 13.2 Å². The zero-order chi connectivity index (χ0) is 16.8. The molecule has 0 aliphatic carbocycles. The molecular formula is C15H15F3N2O2. The number of halogens is 3. The maximum Gasteiger partial charge on any atom is 0.416 e. The minimum absolute atomic E-state index is 0.106. The van der Waals surface area contributed by atoms with Crippen LogP contribution in [-0.4, -0.2) is 29.8 Å². The fourth-order valence-corrected chi connectivity index (χ4v) is 1.65. The molecule has 0 bridgehead atoms. The van der Waals surface area contributed by atoms with Gasteiger partial charge in [0.25, 0.3) is 0 Å². The largest absolute Gasteiger partial charge is 0.416 e. The first kappa shape index (κ1) is 17.5. The number of amides is 2. The van der Waals surface area contributed by atoms with Crippen molar-refractivity contribution >= 4 is 17.5 Å². The Bertz CT molecular complexity index is 572. The van der Waals surface area contributed by atoms with E-state index in [1.165, 1.54) is 18.2 Å². The minimum Gasteiger partial charge on any atom is -0.327 e. The van der Waals surface area contributed by atoms with E-state index in [1.54, 1.807) is 0 Å². The second-order valence-corrected chi connectivity index (χ2v) is 4.32. The van der Waals surface area contributed by atoms with E-state index in [-0.39, 0.29) is 18.8 Å². The van der Waals surface area contributed by atoms with Crippen LogP contribution in [0.2, 0.25) is 0 Å². The Morgan fingerprint density at radius 3 is 2.27 bits per heavy atom. The first-order valence-corrected chi connectivity index (χ1v) is 6.29. The van der Waals surface area contributed by atoms with Crippen molar-refractivity contribution < 1.29 is 22.8 Å². The minimum atomic E-state index is -4.53. The monoisotopic (exact) mass is 312 g/mol. The molecule has 0 atom stereocenters. The molecule has 4 nitrogen and oxygen atoms in total. The maximum atomic E-state index is 12.6. The number of benzene rings is 1. The summed E-state index contributed by atoms with van der Waals surface area (Å²) in [6, 6.07) is 4.05. The van der Waals surface area contributed by atoms with Crippen molar-refractivity contribution in [3.63, 3.8) is 0 Å². The Morgan fingerprint density at radius 2 is 1.77 bits per heavy atom. The molecule has 0 aliphatic heterocycles. The number of alkyl halides is 3. The second-order valence-electron chi connectivity index (χ2n) is 4.32. The number of hydrogen-bond donors (Lipinski definition) is 1. The molecule has 0 fully saturated rings. The summed E-state index contributed by atoms with van der Waals surface area (Å²) in [7, 11) is 0. The third-order valence-electron chi connectivity index (χ3n) is 2.63. The standard InChI is InChI=1S/C15H15F3N2O2/c1-3-8-20(9-4-2)14(22)13(21)19-12-7-5-6-11(10-12)15(16,17)18/h3-7,10H,1-2,8-9H2,(H,19,21). The molecule has 0 saturated carbocycles. The Balaban J connectivity index is 2.85. The highest BCUT2D eigenvalue weighted by atomic mass is 19.4. The van der Waals surface area contributed by atoms with E-state index in [1.807, 2.05) is 0 Å². The van der Waals surface area contributed by atoms with Crippen molar-refractivity contribution in [1.82, 2.24) is 4.90 Å². The van der Waals surface area contributed by atoms with E-state index < -0.39 is 23.6 Å². The highest BCUT2D eigenvalue weighted by Gasteiger charge is 2.30. The van der Waals surface area contributed by atoms with Gasteiger partial charge in [0.2, 0.25) is 0 Å². The highest BCUT2D eigenvalue weighted by Crippen LogP contribution is 2.30. The lowest BCUT2D eigenvalue weighted by Crippen LogP contribution is -2.39. The SMILES string of the molecule is C=CCN(CC=C)C(=O)C(=O)Nc1cccc(C(F)(F)F)c1. The van der Waals surface area contributed by atoms with Crippen LogP contribution in [0.15, 0.2) is 49.6 Å². The smallest absolute Gasteiger partial charge is 0.327 e. The van der Waals surface area contributed by atoms with Crippen LogP contribution in [0.4, 0.5) is 18.9 Å². The molecule has 0 heterocycles. The molecule has 1 N–H and O–H groups in total. The molecule has 118 valence electrons. The summed E-state index contributed by atoms with van der Waals surface area (Å²) in [4.78, 5) is 24.9. The van der Waals surface area contributed by atoms with Gasteiger partial charge in [-0.25, -0.2) is 0 Å². The molecule has 7 heteroatoms. The van der Waals surface area contributed by atoms with E-state index in [0.29, 0.717) is 0 Å². The number of nitrogens with one attached hydrogen (secondary N) is 1. The molecule has 22 heavy (non-hydrogen) atoms. The summed E-state index contributed by atoms with van der Waals surface area (Å²) in [6.07, 6.45) is -1.67. The third kappa shape index (κ3) is 4.76. The average molecular weight is 312 g/mol. The van der Waals surface area contributed by atoms with Crippen LogP contribution in [0.25, 0.3) is 0 Å². The molecule has 0 radical (unpaired) electrons. The van der Waals surface area contributed by atoms with Crippen LogP contribution in [0, 0.1) is 0 Å². The molecule has 0 saturated heterocycles. The van der Waals surface area contributed by atoms with Gasteiger partial charge in [-0.15, -0.1) is 13.2 Å². The van der Waals surface area contributed by atoms with Gasteiger partial charge in [-0.05, 0) is 18.2 Å². The molecule has 0 unspecified atom stereocenters. The molecule has 0 aliphatic rings. The van der Waals surface area contributed by atoms with E-state index in [0.717, 1.165) is 23.1 Å². The van der Waals surface area contributed by atoms with E-state index in [4.69, 9.17) is 0 Å². The first-order chi connectivity index (χ1) is 10.3. The van der Waals surface area contributed by atoms with Gasteiger partial charge in [0.15, 0.2) is 0 Å². The van der Waals surface area contributed by atoms with E-state index >= 15 is 0 Å². The average Bonchev–Trinajstić information content (AvgIpc) is 2.45. The first-order valence-electron chi connectivity index (χ1n) is 6.29. The molecule has 2 amide bonds. The zero-order valence-electron chi connectivity index (χ0n) is 11.7. The summed E-state index contributed by atoms with van der Waals surface area (Å²) in [6.45, 7) is 7.18. The van der Waals surface area contributed by atoms with Gasteiger partial charge in [0, 0.05) is 18.8 Å². The lowest BCUT2D eigenvalue weighted by Gasteiger charge is -2.18. The number of rotatable bonds is 5. The Labute approximate surface area is 125 Å². The van der Waals surface area contributed by atoms with Gasteiger partial charge in [0.1, 0.15) is 0 Å².